The largest absolute Gasteiger partial charge is 0.355 e. The zero-order chi connectivity index (χ0) is 21.1. The van der Waals surface area contributed by atoms with Crippen molar-refractivity contribution in [2.75, 3.05) is 20.2 Å². The van der Waals surface area contributed by atoms with E-state index < -0.39 is 0 Å². The van der Waals surface area contributed by atoms with Crippen molar-refractivity contribution in [2.24, 2.45) is 0 Å². The minimum atomic E-state index is -0.162. The predicted molar refractivity (Wildman–Crippen MR) is 114 cm³/mol. The first-order valence-electron chi connectivity index (χ1n) is 9.83. The predicted octanol–water partition coefficient (Wildman–Crippen LogP) is 2.07. The van der Waals surface area contributed by atoms with Crippen molar-refractivity contribution < 1.29 is 9.63 Å². The smallest absolute Gasteiger partial charge is 0.252 e. The zero-order valence-corrected chi connectivity index (χ0v) is 16.9. The molecule has 4 heterocycles. The van der Waals surface area contributed by atoms with E-state index in [9.17, 15) is 9.59 Å². The third kappa shape index (κ3) is 4.14. The van der Waals surface area contributed by atoms with Crippen LogP contribution in [0.25, 0.3) is 16.6 Å². The van der Waals surface area contributed by atoms with Crippen LogP contribution in [-0.4, -0.2) is 46.1 Å². The van der Waals surface area contributed by atoms with E-state index >= 15 is 0 Å². The van der Waals surface area contributed by atoms with Gasteiger partial charge in [0.15, 0.2) is 0 Å². The molecule has 0 aliphatic carbocycles. The van der Waals surface area contributed by atoms with Crippen molar-refractivity contribution in [3.63, 3.8) is 0 Å². The Morgan fingerprint density at radius 1 is 1.27 bits per heavy atom. The molecular formula is C22H23N5O3. The second kappa shape index (κ2) is 8.56. The maximum Gasteiger partial charge on any atom is 0.252 e. The van der Waals surface area contributed by atoms with E-state index in [0.717, 1.165) is 33.4 Å². The maximum atomic E-state index is 12.1. The van der Waals surface area contributed by atoms with Crippen LogP contribution in [0.2, 0.25) is 0 Å². The number of aryl methyl sites for hydroxylation is 1. The third-order valence-corrected chi connectivity index (χ3v) is 5.09. The molecule has 0 unspecified atom stereocenters. The van der Waals surface area contributed by atoms with Gasteiger partial charge >= 0.3 is 0 Å². The Morgan fingerprint density at radius 2 is 2.13 bits per heavy atom. The van der Waals surface area contributed by atoms with Crippen molar-refractivity contribution in [1.29, 1.82) is 0 Å². The van der Waals surface area contributed by atoms with Gasteiger partial charge in [0.2, 0.25) is 0 Å². The molecule has 0 fully saturated rings. The number of pyridine rings is 3. The van der Waals surface area contributed by atoms with Crippen LogP contribution in [0.1, 0.15) is 34.1 Å². The summed E-state index contributed by atoms with van der Waals surface area (Å²) in [7, 11) is 1.59. The highest BCUT2D eigenvalue weighted by Crippen LogP contribution is 2.20. The monoisotopic (exact) mass is 405 g/mol. The first kappa shape index (κ1) is 19.9. The van der Waals surface area contributed by atoms with Crippen LogP contribution in [0.4, 0.5) is 0 Å². The lowest BCUT2D eigenvalue weighted by atomic mass is 10.1. The van der Waals surface area contributed by atoms with Gasteiger partial charge in [-0.25, -0.2) is 0 Å². The Labute approximate surface area is 173 Å². The summed E-state index contributed by atoms with van der Waals surface area (Å²) in [6, 6.07) is 7.35. The summed E-state index contributed by atoms with van der Waals surface area (Å²) in [6.45, 7) is 3.49. The lowest BCUT2D eigenvalue weighted by Gasteiger charge is -2.25. The topological polar surface area (TPSA) is 100 Å². The van der Waals surface area contributed by atoms with E-state index in [0.29, 0.717) is 31.7 Å². The highest BCUT2D eigenvalue weighted by Gasteiger charge is 2.16. The number of nitrogens with zero attached hydrogens (tertiary/aromatic N) is 3. The molecule has 1 aliphatic rings. The van der Waals surface area contributed by atoms with E-state index in [4.69, 9.17) is 4.84 Å². The summed E-state index contributed by atoms with van der Waals surface area (Å²) in [4.78, 5) is 41.3. The molecule has 3 aromatic heterocycles. The average molecular weight is 405 g/mol. The molecule has 2 N–H and O–H groups in total. The molecule has 8 nitrogen and oxygen atoms in total. The molecule has 1 amide bonds. The molecular weight excluding hydrogens is 382 g/mol. The van der Waals surface area contributed by atoms with Crippen LogP contribution >= 0.6 is 0 Å². The number of nitrogens with one attached hydrogen (secondary N) is 2. The van der Waals surface area contributed by atoms with Crippen molar-refractivity contribution in [3.05, 3.63) is 75.5 Å². The van der Waals surface area contributed by atoms with E-state index in [1.54, 1.807) is 19.3 Å². The highest BCUT2D eigenvalue weighted by atomic mass is 16.7. The Balaban J connectivity index is 1.44. The fourth-order valence-electron chi connectivity index (χ4n) is 3.36. The Bertz CT molecular complexity index is 1170. The Hall–Kier alpha value is -3.36. The van der Waals surface area contributed by atoms with Gasteiger partial charge in [-0.05, 0) is 36.2 Å². The minimum Gasteiger partial charge on any atom is -0.355 e. The number of aromatic nitrogens is 3. The van der Waals surface area contributed by atoms with E-state index in [1.807, 2.05) is 36.4 Å². The van der Waals surface area contributed by atoms with Gasteiger partial charge in [-0.1, -0.05) is 13.0 Å². The van der Waals surface area contributed by atoms with Gasteiger partial charge in [0.05, 0.1) is 35.4 Å². The van der Waals surface area contributed by atoms with Gasteiger partial charge in [0.1, 0.15) is 0 Å². The fourth-order valence-corrected chi connectivity index (χ4v) is 3.36. The SMILES string of the molecule is CCc1cc2ncc(CN3CC=C(c4ccc(C(=O)NC)cn4)CO3)cc2[nH]c1=O. The standard InChI is InChI=1S/C22H23N5O3/c1-3-15-9-19-20(26-22(15)29)8-14(10-24-19)12-27-7-6-17(13-30-27)18-5-4-16(11-25-18)21(28)23-2/h4-6,8-11H,3,7,12-13H2,1-2H3,(H,23,28)(H,26,29). The number of hydrogen-bond acceptors (Lipinski definition) is 6. The lowest BCUT2D eigenvalue weighted by molar-refractivity contribution is -0.150. The molecule has 4 rings (SSSR count). The summed E-state index contributed by atoms with van der Waals surface area (Å²) in [5.41, 5.74) is 5.41. The van der Waals surface area contributed by atoms with Crippen molar-refractivity contribution in [2.45, 2.75) is 19.9 Å². The van der Waals surface area contributed by atoms with Crippen LogP contribution < -0.4 is 10.9 Å². The highest BCUT2D eigenvalue weighted by molar-refractivity contribution is 5.93. The van der Waals surface area contributed by atoms with E-state index in [1.165, 1.54) is 0 Å². The summed E-state index contributed by atoms with van der Waals surface area (Å²) >= 11 is 0. The number of carbonyl (C=O) groups excluding carboxylic acids is 1. The van der Waals surface area contributed by atoms with Crippen LogP contribution in [0.3, 0.4) is 0 Å². The first-order valence-corrected chi connectivity index (χ1v) is 9.83. The number of amides is 1. The van der Waals surface area contributed by atoms with Gasteiger partial charge in [-0.3, -0.25) is 24.4 Å². The number of hydrogen-bond donors (Lipinski definition) is 2. The van der Waals surface area contributed by atoms with Crippen molar-refractivity contribution >= 4 is 22.5 Å². The number of rotatable bonds is 5. The molecule has 0 radical (unpaired) electrons. The van der Waals surface area contributed by atoms with Crippen LogP contribution in [0.15, 0.2) is 47.5 Å². The number of fused-ring (bicyclic) bond motifs is 1. The van der Waals surface area contributed by atoms with Gasteiger partial charge < -0.3 is 10.3 Å². The summed E-state index contributed by atoms with van der Waals surface area (Å²) in [5, 5.41) is 4.42. The molecule has 154 valence electrons. The number of H-pyrrole nitrogens is 1. The van der Waals surface area contributed by atoms with Crippen LogP contribution in [-0.2, 0) is 17.8 Å². The fraction of sp³-hybridized carbons (Fsp3) is 0.273. The number of aromatic amines is 1. The van der Waals surface area contributed by atoms with Gasteiger partial charge in [0, 0.05) is 37.1 Å². The Kier molecular flexibility index (Phi) is 5.69. The first-order chi connectivity index (χ1) is 14.6. The molecule has 0 bridgehead atoms. The second-order valence-electron chi connectivity index (χ2n) is 7.09. The van der Waals surface area contributed by atoms with Crippen LogP contribution in [0, 0.1) is 0 Å². The molecule has 0 saturated carbocycles. The quantitative estimate of drug-likeness (QED) is 0.674. The number of hydroxylamine groups is 2. The second-order valence-corrected chi connectivity index (χ2v) is 7.09. The normalized spacial score (nSPS) is 14.5. The van der Waals surface area contributed by atoms with Crippen molar-refractivity contribution in [3.8, 4) is 0 Å². The lowest BCUT2D eigenvalue weighted by Crippen LogP contribution is -2.28. The molecule has 0 atom stereocenters. The van der Waals surface area contributed by atoms with Crippen molar-refractivity contribution in [1.82, 2.24) is 25.3 Å². The minimum absolute atomic E-state index is 0.0688. The molecule has 1 aliphatic heterocycles. The summed E-state index contributed by atoms with van der Waals surface area (Å²) < 4.78 is 0. The summed E-state index contributed by atoms with van der Waals surface area (Å²) in [5.74, 6) is -0.162. The van der Waals surface area contributed by atoms with E-state index in [2.05, 4.69) is 26.3 Å². The van der Waals surface area contributed by atoms with E-state index in [-0.39, 0.29) is 11.5 Å². The van der Waals surface area contributed by atoms with Gasteiger partial charge in [-0.2, -0.15) is 5.06 Å². The number of carbonyl (C=O) groups is 1. The van der Waals surface area contributed by atoms with Crippen LogP contribution in [0.5, 0.6) is 0 Å². The Morgan fingerprint density at radius 3 is 2.80 bits per heavy atom. The maximum absolute atomic E-state index is 12.1. The molecule has 8 heteroatoms. The molecule has 0 saturated heterocycles. The summed E-state index contributed by atoms with van der Waals surface area (Å²) in [6.07, 6.45) is 6.11. The third-order valence-electron chi connectivity index (χ3n) is 5.09. The molecule has 0 spiro atoms. The average Bonchev–Trinajstić information content (AvgIpc) is 2.78. The molecule has 30 heavy (non-hydrogen) atoms. The van der Waals surface area contributed by atoms with Gasteiger partial charge in [0.25, 0.3) is 11.5 Å². The van der Waals surface area contributed by atoms with Gasteiger partial charge in [-0.15, -0.1) is 0 Å². The zero-order valence-electron chi connectivity index (χ0n) is 16.9. The molecule has 0 aromatic carbocycles. The molecule has 3 aromatic rings.